The number of nitrogens with zero attached hydrogens (tertiary/aromatic N) is 1. The first-order valence-electron chi connectivity index (χ1n) is 6.08. The van der Waals surface area contributed by atoms with E-state index in [9.17, 15) is 23.1 Å². The summed E-state index contributed by atoms with van der Waals surface area (Å²) in [5.41, 5.74) is -0.994. The van der Waals surface area contributed by atoms with Crippen LogP contribution in [0.2, 0.25) is 0 Å². The molecule has 0 aromatic rings. The highest BCUT2D eigenvalue weighted by Crippen LogP contribution is 2.38. The predicted octanol–water partition coefficient (Wildman–Crippen LogP) is 1.63. The van der Waals surface area contributed by atoms with E-state index in [1.807, 2.05) is 0 Å². The van der Waals surface area contributed by atoms with Gasteiger partial charge in [0.05, 0.1) is 18.7 Å². The first-order chi connectivity index (χ1) is 8.31. The third-order valence-corrected chi connectivity index (χ3v) is 3.71. The van der Waals surface area contributed by atoms with Crippen LogP contribution in [0, 0.1) is 5.92 Å². The molecule has 0 atom stereocenters. The van der Waals surface area contributed by atoms with E-state index in [2.05, 4.69) is 4.84 Å². The zero-order chi connectivity index (χ0) is 13.4. The normalized spacial score (nSPS) is 25.6. The maximum atomic E-state index is 12.0. The molecule has 2 fully saturated rings. The zero-order valence-electron chi connectivity index (χ0n) is 9.87. The Morgan fingerprint density at radius 3 is 2.28 bits per heavy atom. The van der Waals surface area contributed by atoms with Gasteiger partial charge in [-0.15, -0.1) is 5.06 Å². The van der Waals surface area contributed by atoms with Crippen molar-refractivity contribution in [3.63, 3.8) is 0 Å². The van der Waals surface area contributed by atoms with Crippen LogP contribution in [-0.2, 0) is 9.63 Å². The first kappa shape index (κ1) is 13.6. The molecule has 0 aromatic carbocycles. The molecule has 1 heterocycles. The molecule has 0 amide bonds. The van der Waals surface area contributed by atoms with Gasteiger partial charge in [-0.25, -0.2) is 4.79 Å². The van der Waals surface area contributed by atoms with Gasteiger partial charge >= 0.3 is 12.1 Å². The molecule has 1 N–H and O–H groups in total. The monoisotopic (exact) mass is 267 g/mol. The van der Waals surface area contributed by atoms with Crippen LogP contribution in [0.4, 0.5) is 13.2 Å². The van der Waals surface area contributed by atoms with Gasteiger partial charge in [-0.05, 0) is 18.8 Å². The third kappa shape index (κ3) is 2.77. The Morgan fingerprint density at radius 2 is 1.78 bits per heavy atom. The molecule has 0 radical (unpaired) electrons. The Morgan fingerprint density at radius 1 is 1.22 bits per heavy atom. The topological polar surface area (TPSA) is 49.8 Å². The summed E-state index contributed by atoms with van der Waals surface area (Å²) in [6, 6.07) is 0. The highest BCUT2D eigenvalue weighted by Gasteiger charge is 2.51. The zero-order valence-corrected chi connectivity index (χ0v) is 9.87. The summed E-state index contributed by atoms with van der Waals surface area (Å²) in [5, 5.41) is 11.1. The van der Waals surface area contributed by atoms with Gasteiger partial charge in [0.1, 0.15) is 0 Å². The van der Waals surface area contributed by atoms with Crippen molar-refractivity contribution in [1.82, 2.24) is 5.06 Å². The lowest BCUT2D eigenvalue weighted by molar-refractivity contribution is -0.295. The van der Waals surface area contributed by atoms with Crippen molar-refractivity contribution >= 4 is 5.97 Å². The van der Waals surface area contributed by atoms with E-state index in [1.165, 1.54) is 0 Å². The number of hydroxylamine groups is 2. The lowest BCUT2D eigenvalue weighted by Crippen LogP contribution is -2.66. The minimum absolute atomic E-state index is 0.0283. The Hall–Kier alpha value is -0.820. The molecule has 2 aliphatic rings. The molecule has 0 bridgehead atoms. The van der Waals surface area contributed by atoms with Gasteiger partial charge in [0.15, 0.2) is 0 Å². The maximum Gasteiger partial charge on any atom is 0.492 e. The summed E-state index contributed by atoms with van der Waals surface area (Å²) in [7, 11) is 0. The van der Waals surface area contributed by atoms with Gasteiger partial charge in [0.2, 0.25) is 0 Å². The molecule has 1 saturated carbocycles. The number of halogens is 3. The molecule has 7 heteroatoms. The quantitative estimate of drug-likeness (QED) is 0.826. The van der Waals surface area contributed by atoms with Gasteiger partial charge in [-0.1, -0.05) is 19.3 Å². The molecule has 1 aliphatic heterocycles. The fourth-order valence-electron chi connectivity index (χ4n) is 2.70. The Kier molecular flexibility index (Phi) is 3.55. The van der Waals surface area contributed by atoms with Gasteiger partial charge in [0.25, 0.3) is 0 Å². The molecule has 2 rings (SSSR count). The molecule has 4 nitrogen and oxygen atoms in total. The van der Waals surface area contributed by atoms with Crippen LogP contribution in [0.25, 0.3) is 0 Å². The standard InChI is InChI=1S/C11H16F3NO3/c12-11(13,14)9(16)18-15-6-10(17,7-15)8-4-2-1-3-5-8/h8,17H,1-7H2. The molecular formula is C11H16F3NO3. The van der Waals surface area contributed by atoms with Crippen LogP contribution in [-0.4, -0.2) is 41.0 Å². The van der Waals surface area contributed by atoms with Crippen molar-refractivity contribution in [2.24, 2.45) is 5.92 Å². The highest BCUT2D eigenvalue weighted by molar-refractivity contribution is 5.75. The Bertz CT molecular complexity index is 320. The van der Waals surface area contributed by atoms with Gasteiger partial charge in [-0.2, -0.15) is 13.2 Å². The van der Waals surface area contributed by atoms with Crippen molar-refractivity contribution in [2.75, 3.05) is 13.1 Å². The summed E-state index contributed by atoms with van der Waals surface area (Å²) < 4.78 is 35.9. The number of carbonyl (C=O) groups is 1. The fourth-order valence-corrected chi connectivity index (χ4v) is 2.70. The van der Waals surface area contributed by atoms with Crippen LogP contribution < -0.4 is 0 Å². The van der Waals surface area contributed by atoms with Crippen molar-refractivity contribution in [1.29, 1.82) is 0 Å². The highest BCUT2D eigenvalue weighted by atomic mass is 19.4. The number of alkyl halides is 3. The summed E-state index contributed by atoms with van der Waals surface area (Å²) in [6.07, 6.45) is -0.00234. The second kappa shape index (κ2) is 4.70. The van der Waals surface area contributed by atoms with E-state index in [1.54, 1.807) is 0 Å². The molecular weight excluding hydrogens is 251 g/mol. The van der Waals surface area contributed by atoms with Crippen LogP contribution in [0.5, 0.6) is 0 Å². The molecule has 1 saturated heterocycles. The number of hydrogen-bond acceptors (Lipinski definition) is 4. The molecule has 18 heavy (non-hydrogen) atoms. The average Bonchev–Trinajstić information content (AvgIpc) is 2.26. The summed E-state index contributed by atoms with van der Waals surface area (Å²) in [6.45, 7) is -0.0566. The second-order valence-electron chi connectivity index (χ2n) is 5.11. The number of β-amino-alcohol motifs (C(OH)–C–C–N with tert-alkyl or cyclic N) is 1. The van der Waals surface area contributed by atoms with Crippen molar-refractivity contribution in [3.05, 3.63) is 0 Å². The van der Waals surface area contributed by atoms with Gasteiger partial charge < -0.3 is 9.94 Å². The number of hydrogen-bond donors (Lipinski definition) is 1. The van der Waals surface area contributed by atoms with Crippen molar-refractivity contribution in [3.8, 4) is 0 Å². The SMILES string of the molecule is O=C(ON1CC(O)(C2CCCCC2)C1)C(F)(F)F. The Labute approximate surface area is 103 Å². The third-order valence-electron chi connectivity index (χ3n) is 3.71. The molecule has 104 valence electrons. The number of rotatable bonds is 2. The van der Waals surface area contributed by atoms with Crippen molar-refractivity contribution in [2.45, 2.75) is 43.9 Å². The van der Waals surface area contributed by atoms with E-state index in [0.29, 0.717) is 0 Å². The molecule has 0 aromatic heterocycles. The van der Waals surface area contributed by atoms with E-state index in [-0.39, 0.29) is 19.0 Å². The average molecular weight is 267 g/mol. The van der Waals surface area contributed by atoms with Crippen LogP contribution in [0.1, 0.15) is 32.1 Å². The molecule has 1 aliphatic carbocycles. The van der Waals surface area contributed by atoms with Gasteiger partial charge in [-0.3, -0.25) is 0 Å². The van der Waals surface area contributed by atoms with Crippen LogP contribution in [0.3, 0.4) is 0 Å². The Balaban J connectivity index is 1.80. The summed E-state index contributed by atoms with van der Waals surface area (Å²) >= 11 is 0. The second-order valence-corrected chi connectivity index (χ2v) is 5.11. The first-order valence-corrected chi connectivity index (χ1v) is 6.08. The van der Waals surface area contributed by atoms with Gasteiger partial charge in [0, 0.05) is 0 Å². The minimum atomic E-state index is -4.99. The fraction of sp³-hybridized carbons (Fsp3) is 0.909. The lowest BCUT2D eigenvalue weighted by Gasteiger charge is -2.49. The smallest absolute Gasteiger partial charge is 0.387 e. The number of aliphatic hydroxyl groups is 1. The number of carbonyl (C=O) groups excluding carboxylic acids is 1. The van der Waals surface area contributed by atoms with E-state index in [0.717, 1.165) is 37.2 Å². The maximum absolute atomic E-state index is 12.0. The molecule has 0 spiro atoms. The summed E-state index contributed by atoms with van der Waals surface area (Å²) in [4.78, 5) is 14.7. The van der Waals surface area contributed by atoms with Crippen LogP contribution >= 0.6 is 0 Å². The van der Waals surface area contributed by atoms with E-state index in [4.69, 9.17) is 0 Å². The van der Waals surface area contributed by atoms with Crippen molar-refractivity contribution < 1.29 is 27.9 Å². The minimum Gasteiger partial charge on any atom is -0.387 e. The lowest BCUT2D eigenvalue weighted by atomic mass is 9.73. The van der Waals surface area contributed by atoms with E-state index < -0.39 is 17.7 Å². The molecule has 0 unspecified atom stereocenters. The van der Waals surface area contributed by atoms with E-state index >= 15 is 0 Å². The largest absolute Gasteiger partial charge is 0.492 e. The predicted molar refractivity (Wildman–Crippen MR) is 55.2 cm³/mol. The summed E-state index contributed by atoms with van der Waals surface area (Å²) in [5.74, 6) is -2.12. The van der Waals surface area contributed by atoms with Crippen LogP contribution in [0.15, 0.2) is 0 Å².